The SMILES string of the molecule is CC(=O)N[C@H]1CCN(c2nc(-c3ccncc3)nc3c2CCN(C(C)=O)C3)C1. The maximum atomic E-state index is 11.9. The molecule has 0 aromatic carbocycles. The van der Waals surface area contributed by atoms with Gasteiger partial charge in [-0.05, 0) is 25.0 Å². The standard InChI is InChI=1S/C20H24N6O2/c1-13(27)22-16-5-9-26(11-16)20-17-6-10-25(14(2)28)12-18(17)23-19(24-20)15-3-7-21-8-4-15/h3-4,7-8,16H,5-6,9-12H2,1-2H3,(H,22,27)/t16-/m0/s1. The molecule has 146 valence electrons. The Hall–Kier alpha value is -3.03. The average molecular weight is 380 g/mol. The van der Waals surface area contributed by atoms with E-state index < -0.39 is 0 Å². The highest BCUT2D eigenvalue weighted by Gasteiger charge is 2.30. The van der Waals surface area contributed by atoms with E-state index in [0.29, 0.717) is 18.9 Å². The molecule has 2 aliphatic rings. The molecule has 8 nitrogen and oxygen atoms in total. The first-order valence-corrected chi connectivity index (χ1v) is 9.59. The Morgan fingerprint density at radius 3 is 2.64 bits per heavy atom. The Balaban J connectivity index is 1.72. The second-order valence-electron chi connectivity index (χ2n) is 7.35. The monoisotopic (exact) mass is 380 g/mol. The quantitative estimate of drug-likeness (QED) is 0.859. The van der Waals surface area contributed by atoms with Crippen molar-refractivity contribution in [3.05, 3.63) is 35.8 Å². The molecular weight excluding hydrogens is 356 g/mol. The van der Waals surface area contributed by atoms with Gasteiger partial charge in [-0.1, -0.05) is 0 Å². The molecule has 2 aliphatic heterocycles. The molecule has 1 atom stereocenters. The van der Waals surface area contributed by atoms with Gasteiger partial charge in [0.05, 0.1) is 12.2 Å². The van der Waals surface area contributed by atoms with Gasteiger partial charge >= 0.3 is 0 Å². The summed E-state index contributed by atoms with van der Waals surface area (Å²) in [6, 6.07) is 3.91. The van der Waals surface area contributed by atoms with Crippen LogP contribution in [0.5, 0.6) is 0 Å². The van der Waals surface area contributed by atoms with Crippen LogP contribution >= 0.6 is 0 Å². The summed E-state index contributed by atoms with van der Waals surface area (Å²) in [7, 11) is 0. The Morgan fingerprint density at radius 2 is 1.93 bits per heavy atom. The Bertz CT molecular complexity index is 901. The fourth-order valence-corrected chi connectivity index (χ4v) is 3.93. The summed E-state index contributed by atoms with van der Waals surface area (Å²) in [5.74, 6) is 1.62. The zero-order valence-corrected chi connectivity index (χ0v) is 16.2. The first-order chi connectivity index (χ1) is 13.5. The van der Waals surface area contributed by atoms with Crippen LogP contribution in [0.1, 0.15) is 31.5 Å². The summed E-state index contributed by atoms with van der Waals surface area (Å²) >= 11 is 0. The van der Waals surface area contributed by atoms with Crippen molar-refractivity contribution in [2.75, 3.05) is 24.5 Å². The Labute approximate surface area is 164 Å². The van der Waals surface area contributed by atoms with Crippen LogP contribution in [0, 0.1) is 0 Å². The van der Waals surface area contributed by atoms with Crippen molar-refractivity contribution < 1.29 is 9.59 Å². The molecule has 0 bridgehead atoms. The minimum atomic E-state index is -0.00820. The molecule has 1 saturated heterocycles. The third-order valence-corrected chi connectivity index (χ3v) is 5.32. The molecule has 1 fully saturated rings. The van der Waals surface area contributed by atoms with Crippen molar-refractivity contribution in [2.24, 2.45) is 0 Å². The minimum Gasteiger partial charge on any atom is -0.354 e. The lowest BCUT2D eigenvalue weighted by molar-refractivity contribution is -0.129. The second kappa shape index (κ2) is 7.53. The van der Waals surface area contributed by atoms with Gasteiger partial charge in [0, 0.05) is 63.0 Å². The van der Waals surface area contributed by atoms with Crippen molar-refractivity contribution in [3.63, 3.8) is 0 Å². The molecule has 0 spiro atoms. The highest BCUT2D eigenvalue weighted by molar-refractivity contribution is 5.74. The van der Waals surface area contributed by atoms with Gasteiger partial charge in [-0.2, -0.15) is 0 Å². The number of anilines is 1. The molecule has 0 saturated carbocycles. The predicted octanol–water partition coefficient (Wildman–Crippen LogP) is 1.16. The van der Waals surface area contributed by atoms with Gasteiger partial charge in [0.25, 0.3) is 0 Å². The number of nitrogens with zero attached hydrogens (tertiary/aromatic N) is 5. The van der Waals surface area contributed by atoms with E-state index in [9.17, 15) is 9.59 Å². The average Bonchev–Trinajstić information content (AvgIpc) is 3.14. The van der Waals surface area contributed by atoms with Crippen LogP contribution in [-0.4, -0.2) is 57.3 Å². The number of nitrogens with one attached hydrogen (secondary N) is 1. The molecule has 0 radical (unpaired) electrons. The predicted molar refractivity (Wildman–Crippen MR) is 104 cm³/mol. The van der Waals surface area contributed by atoms with E-state index in [-0.39, 0.29) is 17.9 Å². The van der Waals surface area contributed by atoms with Crippen LogP contribution in [0.25, 0.3) is 11.4 Å². The topological polar surface area (TPSA) is 91.3 Å². The van der Waals surface area contributed by atoms with Crippen molar-refractivity contribution in [1.82, 2.24) is 25.2 Å². The minimum absolute atomic E-state index is 0.00820. The Kier molecular flexibility index (Phi) is 4.93. The maximum Gasteiger partial charge on any atom is 0.219 e. The van der Waals surface area contributed by atoms with Gasteiger partial charge in [-0.3, -0.25) is 14.6 Å². The first-order valence-electron chi connectivity index (χ1n) is 9.59. The van der Waals surface area contributed by atoms with Crippen molar-refractivity contribution >= 4 is 17.6 Å². The van der Waals surface area contributed by atoms with Gasteiger partial charge in [-0.25, -0.2) is 9.97 Å². The summed E-state index contributed by atoms with van der Waals surface area (Å²) in [6.07, 6.45) is 5.08. The first kappa shape index (κ1) is 18.3. The number of carbonyl (C=O) groups is 2. The van der Waals surface area contributed by atoms with E-state index in [2.05, 4.69) is 15.2 Å². The zero-order chi connectivity index (χ0) is 19.7. The van der Waals surface area contributed by atoms with Gasteiger partial charge in [0.1, 0.15) is 5.82 Å². The second-order valence-corrected chi connectivity index (χ2v) is 7.35. The van der Waals surface area contributed by atoms with Gasteiger partial charge in [0.2, 0.25) is 11.8 Å². The fourth-order valence-electron chi connectivity index (χ4n) is 3.93. The van der Waals surface area contributed by atoms with E-state index in [1.165, 1.54) is 0 Å². The maximum absolute atomic E-state index is 11.9. The van der Waals surface area contributed by atoms with E-state index >= 15 is 0 Å². The lowest BCUT2D eigenvalue weighted by Gasteiger charge is -2.31. The number of fused-ring (bicyclic) bond motifs is 1. The lowest BCUT2D eigenvalue weighted by Crippen LogP contribution is -2.38. The molecular formula is C20H24N6O2. The van der Waals surface area contributed by atoms with E-state index in [4.69, 9.17) is 9.97 Å². The molecule has 1 N–H and O–H groups in total. The van der Waals surface area contributed by atoms with Crippen LogP contribution < -0.4 is 10.2 Å². The molecule has 0 aliphatic carbocycles. The van der Waals surface area contributed by atoms with Crippen molar-refractivity contribution in [3.8, 4) is 11.4 Å². The van der Waals surface area contributed by atoms with Crippen LogP contribution in [0.3, 0.4) is 0 Å². The van der Waals surface area contributed by atoms with E-state index in [0.717, 1.165) is 48.6 Å². The lowest BCUT2D eigenvalue weighted by atomic mass is 10.0. The molecule has 8 heteroatoms. The smallest absolute Gasteiger partial charge is 0.219 e. The van der Waals surface area contributed by atoms with E-state index in [1.807, 2.05) is 17.0 Å². The van der Waals surface area contributed by atoms with Gasteiger partial charge in [0.15, 0.2) is 5.82 Å². The summed E-state index contributed by atoms with van der Waals surface area (Å²) < 4.78 is 0. The molecule has 2 aromatic rings. The number of pyridine rings is 1. The summed E-state index contributed by atoms with van der Waals surface area (Å²) in [4.78, 5) is 41.1. The fraction of sp³-hybridized carbons (Fsp3) is 0.450. The number of rotatable bonds is 3. The normalized spacial score (nSPS) is 18.7. The largest absolute Gasteiger partial charge is 0.354 e. The summed E-state index contributed by atoms with van der Waals surface area (Å²) in [6.45, 7) is 5.88. The van der Waals surface area contributed by atoms with Crippen LogP contribution in [0.2, 0.25) is 0 Å². The third-order valence-electron chi connectivity index (χ3n) is 5.32. The number of hydrogen-bond donors (Lipinski definition) is 1. The number of aromatic nitrogens is 3. The highest BCUT2D eigenvalue weighted by Crippen LogP contribution is 2.31. The van der Waals surface area contributed by atoms with Gasteiger partial charge < -0.3 is 15.1 Å². The third kappa shape index (κ3) is 3.67. The Morgan fingerprint density at radius 1 is 1.14 bits per heavy atom. The zero-order valence-electron chi connectivity index (χ0n) is 16.2. The number of amides is 2. The highest BCUT2D eigenvalue weighted by atomic mass is 16.2. The van der Waals surface area contributed by atoms with Crippen LogP contribution in [0.15, 0.2) is 24.5 Å². The van der Waals surface area contributed by atoms with Crippen LogP contribution in [0.4, 0.5) is 5.82 Å². The van der Waals surface area contributed by atoms with Crippen molar-refractivity contribution in [2.45, 2.75) is 39.3 Å². The van der Waals surface area contributed by atoms with Gasteiger partial charge in [-0.15, -0.1) is 0 Å². The summed E-state index contributed by atoms with van der Waals surface area (Å²) in [5, 5.41) is 3.00. The molecule has 4 rings (SSSR count). The molecule has 2 amide bonds. The molecule has 2 aromatic heterocycles. The number of carbonyl (C=O) groups excluding carboxylic acids is 2. The number of hydrogen-bond acceptors (Lipinski definition) is 6. The summed E-state index contributed by atoms with van der Waals surface area (Å²) in [5.41, 5.74) is 2.91. The van der Waals surface area contributed by atoms with E-state index in [1.54, 1.807) is 26.2 Å². The molecule has 4 heterocycles. The van der Waals surface area contributed by atoms with Crippen LogP contribution in [-0.2, 0) is 22.6 Å². The molecule has 28 heavy (non-hydrogen) atoms. The van der Waals surface area contributed by atoms with Crippen molar-refractivity contribution in [1.29, 1.82) is 0 Å². The molecule has 0 unspecified atom stereocenters.